The van der Waals surface area contributed by atoms with E-state index in [-0.39, 0.29) is 11.3 Å². The van der Waals surface area contributed by atoms with Gasteiger partial charge in [-0.25, -0.2) is 0 Å². The zero-order valence-electron chi connectivity index (χ0n) is 15.6. The highest BCUT2D eigenvalue weighted by Gasteiger charge is 2.19. The average molecular weight is 368 g/mol. The van der Waals surface area contributed by atoms with E-state index in [0.717, 1.165) is 17.5 Å². The van der Waals surface area contributed by atoms with Crippen molar-refractivity contribution in [2.75, 3.05) is 6.54 Å². The average Bonchev–Trinajstić information content (AvgIpc) is 3.31. The predicted molar refractivity (Wildman–Crippen MR) is 107 cm³/mol. The van der Waals surface area contributed by atoms with Crippen molar-refractivity contribution in [3.05, 3.63) is 81.9 Å². The number of nitrogens with zero attached hydrogens (tertiary/aromatic N) is 1. The molecule has 0 N–H and O–H groups in total. The third kappa shape index (κ3) is 4.64. The first-order valence-electron chi connectivity index (χ1n) is 8.87. The number of hydrogen-bond acceptors (Lipinski definition) is 3. The van der Waals surface area contributed by atoms with Gasteiger partial charge >= 0.3 is 0 Å². The summed E-state index contributed by atoms with van der Waals surface area (Å²) in [5.74, 6) is 0.0585. The van der Waals surface area contributed by atoms with E-state index in [2.05, 4.69) is 44.4 Å². The number of rotatable bonds is 6. The molecule has 136 valence electrons. The number of thiophene rings is 1. The number of benzene rings is 1. The molecule has 26 heavy (non-hydrogen) atoms. The van der Waals surface area contributed by atoms with E-state index < -0.39 is 0 Å². The topological polar surface area (TPSA) is 33.5 Å². The molecule has 0 spiro atoms. The van der Waals surface area contributed by atoms with Crippen LogP contribution in [0.4, 0.5) is 0 Å². The molecule has 0 radical (unpaired) electrons. The molecule has 0 unspecified atom stereocenters. The number of hydrogen-bond donors (Lipinski definition) is 0. The van der Waals surface area contributed by atoms with Gasteiger partial charge in [0, 0.05) is 29.1 Å². The molecule has 0 saturated heterocycles. The molecule has 0 fully saturated rings. The molecule has 1 aromatic carbocycles. The van der Waals surface area contributed by atoms with Crippen molar-refractivity contribution < 1.29 is 9.21 Å². The molecule has 4 heteroatoms. The summed E-state index contributed by atoms with van der Waals surface area (Å²) in [5.41, 5.74) is 3.05. The maximum absolute atomic E-state index is 13.1. The lowest BCUT2D eigenvalue weighted by Gasteiger charge is -2.23. The number of carbonyl (C=O) groups excluding carboxylic acids is 1. The monoisotopic (exact) mass is 367 g/mol. The first-order chi connectivity index (χ1) is 12.4. The fourth-order valence-electron chi connectivity index (χ4n) is 2.85. The summed E-state index contributed by atoms with van der Waals surface area (Å²) >= 11 is 1.73. The van der Waals surface area contributed by atoms with Gasteiger partial charge in [-0.05, 0) is 47.0 Å². The van der Waals surface area contributed by atoms with Crippen LogP contribution in [0.2, 0.25) is 0 Å². The Bertz CT molecular complexity index is 812. The third-order valence-corrected chi connectivity index (χ3v) is 5.38. The lowest BCUT2D eigenvalue weighted by molar-refractivity contribution is 0.0745. The van der Waals surface area contributed by atoms with Gasteiger partial charge in [-0.2, -0.15) is 0 Å². The van der Waals surface area contributed by atoms with Crippen molar-refractivity contribution in [2.24, 2.45) is 0 Å². The van der Waals surface area contributed by atoms with Crippen LogP contribution in [0.15, 0.2) is 64.8 Å². The maximum Gasteiger partial charge on any atom is 0.254 e. The summed E-state index contributed by atoms with van der Waals surface area (Å²) in [7, 11) is 0. The van der Waals surface area contributed by atoms with E-state index in [1.54, 1.807) is 23.9 Å². The van der Waals surface area contributed by atoms with E-state index in [0.29, 0.717) is 13.1 Å². The molecule has 3 nitrogen and oxygen atoms in total. The van der Waals surface area contributed by atoms with Crippen molar-refractivity contribution >= 4 is 17.2 Å². The molecule has 3 rings (SSSR count). The molecule has 2 heterocycles. The number of furan rings is 1. The summed E-state index contributed by atoms with van der Waals surface area (Å²) in [6.45, 7) is 7.77. The number of amides is 1. The second-order valence-electron chi connectivity index (χ2n) is 7.52. The van der Waals surface area contributed by atoms with Crippen molar-refractivity contribution in [2.45, 2.75) is 39.2 Å². The minimum absolute atomic E-state index is 0.0585. The Kier molecular flexibility index (Phi) is 5.62. The summed E-state index contributed by atoms with van der Waals surface area (Å²) in [6, 6.07) is 14.1. The van der Waals surface area contributed by atoms with Crippen molar-refractivity contribution in [3.8, 4) is 0 Å². The molecular formula is C22H25NO2S. The van der Waals surface area contributed by atoms with Gasteiger partial charge < -0.3 is 9.32 Å². The summed E-state index contributed by atoms with van der Waals surface area (Å²) in [4.78, 5) is 16.3. The molecule has 1 amide bonds. The molecule has 3 aromatic rings. The number of carbonyl (C=O) groups is 1. The van der Waals surface area contributed by atoms with Gasteiger partial charge in [-0.15, -0.1) is 11.3 Å². The van der Waals surface area contributed by atoms with E-state index in [1.165, 1.54) is 10.4 Å². The van der Waals surface area contributed by atoms with Crippen molar-refractivity contribution in [1.29, 1.82) is 0 Å². The SMILES string of the molecule is CC(C)(C)c1ccc(C(=O)N(CCc2cccs2)Cc2ccoc2)cc1. The lowest BCUT2D eigenvalue weighted by Crippen LogP contribution is -2.32. The van der Waals surface area contributed by atoms with E-state index in [9.17, 15) is 4.79 Å². The highest BCUT2D eigenvalue weighted by Crippen LogP contribution is 2.23. The van der Waals surface area contributed by atoms with Gasteiger partial charge in [0.15, 0.2) is 0 Å². The molecule has 0 aliphatic heterocycles. The van der Waals surface area contributed by atoms with Crippen LogP contribution in [0, 0.1) is 0 Å². The smallest absolute Gasteiger partial charge is 0.254 e. The van der Waals surface area contributed by atoms with Crippen molar-refractivity contribution in [3.63, 3.8) is 0 Å². The molecule has 2 aromatic heterocycles. The van der Waals surface area contributed by atoms with Gasteiger partial charge in [-0.1, -0.05) is 39.0 Å². The zero-order chi connectivity index (χ0) is 18.6. The van der Waals surface area contributed by atoms with Crippen LogP contribution >= 0.6 is 11.3 Å². The zero-order valence-corrected chi connectivity index (χ0v) is 16.4. The van der Waals surface area contributed by atoms with E-state index in [1.807, 2.05) is 29.2 Å². The highest BCUT2D eigenvalue weighted by molar-refractivity contribution is 7.09. The first kappa shape index (κ1) is 18.5. The molecule has 0 aliphatic carbocycles. The first-order valence-corrected chi connectivity index (χ1v) is 9.75. The summed E-state index contributed by atoms with van der Waals surface area (Å²) in [6.07, 6.45) is 4.21. The van der Waals surface area contributed by atoms with Gasteiger partial charge in [0.25, 0.3) is 5.91 Å². The fourth-order valence-corrected chi connectivity index (χ4v) is 3.55. The Labute approximate surface area is 159 Å². The van der Waals surface area contributed by atoms with Gasteiger partial charge in [0.2, 0.25) is 0 Å². The molecule has 0 aliphatic rings. The van der Waals surface area contributed by atoms with E-state index in [4.69, 9.17) is 4.42 Å². The minimum Gasteiger partial charge on any atom is -0.472 e. The van der Waals surface area contributed by atoms with Gasteiger partial charge in [-0.3, -0.25) is 4.79 Å². The van der Waals surface area contributed by atoms with Crippen LogP contribution in [0.5, 0.6) is 0 Å². The molecule has 0 bridgehead atoms. The molecular weight excluding hydrogens is 342 g/mol. The second kappa shape index (κ2) is 7.92. The Balaban J connectivity index is 1.76. The van der Waals surface area contributed by atoms with Gasteiger partial charge in [0.05, 0.1) is 12.5 Å². The van der Waals surface area contributed by atoms with Gasteiger partial charge in [0.1, 0.15) is 0 Å². The molecule has 0 atom stereocenters. The Morgan fingerprint density at radius 1 is 1.12 bits per heavy atom. The maximum atomic E-state index is 13.1. The van der Waals surface area contributed by atoms with Crippen LogP contribution in [0.1, 0.15) is 47.1 Å². The van der Waals surface area contributed by atoms with E-state index >= 15 is 0 Å². The predicted octanol–water partition coefficient (Wildman–Crippen LogP) is 5.52. The Hall–Kier alpha value is -2.33. The fraction of sp³-hybridized carbons (Fsp3) is 0.318. The van der Waals surface area contributed by atoms with Crippen LogP contribution in [-0.2, 0) is 18.4 Å². The van der Waals surface area contributed by atoms with Crippen LogP contribution in [0.25, 0.3) is 0 Å². The third-order valence-electron chi connectivity index (χ3n) is 4.45. The minimum atomic E-state index is 0.0585. The van der Waals surface area contributed by atoms with Crippen LogP contribution in [0.3, 0.4) is 0 Å². The second-order valence-corrected chi connectivity index (χ2v) is 8.55. The quantitative estimate of drug-likeness (QED) is 0.574. The Morgan fingerprint density at radius 2 is 1.88 bits per heavy atom. The molecule has 0 saturated carbocycles. The lowest BCUT2D eigenvalue weighted by atomic mass is 9.86. The van der Waals surface area contributed by atoms with Crippen LogP contribution < -0.4 is 0 Å². The summed E-state index contributed by atoms with van der Waals surface area (Å²) < 4.78 is 5.17. The highest BCUT2D eigenvalue weighted by atomic mass is 32.1. The standard InChI is InChI=1S/C22H25NO2S/c1-22(2,3)19-8-6-18(7-9-19)21(24)23(15-17-11-13-25-16-17)12-10-20-5-4-14-26-20/h4-9,11,13-14,16H,10,12,15H2,1-3H3. The normalized spacial score (nSPS) is 11.5. The van der Waals surface area contributed by atoms with Crippen LogP contribution in [-0.4, -0.2) is 17.4 Å². The largest absolute Gasteiger partial charge is 0.472 e. The summed E-state index contributed by atoms with van der Waals surface area (Å²) in [5, 5.41) is 2.07. The van der Waals surface area contributed by atoms with Crippen molar-refractivity contribution in [1.82, 2.24) is 4.90 Å². The Morgan fingerprint density at radius 3 is 2.46 bits per heavy atom.